The van der Waals surface area contributed by atoms with Gasteiger partial charge in [0.1, 0.15) is 0 Å². The van der Waals surface area contributed by atoms with Crippen molar-refractivity contribution in [3.05, 3.63) is 0 Å². The fourth-order valence-corrected chi connectivity index (χ4v) is 7.47. The molecule has 0 aromatic carbocycles. The Hall–Kier alpha value is 0. The second-order valence-electron chi connectivity index (χ2n) is 8.91. The van der Waals surface area contributed by atoms with Gasteiger partial charge in [-0.1, -0.05) is 54.4 Å². The molecule has 20 heavy (non-hydrogen) atoms. The maximum Gasteiger partial charge on any atom is -0.0326 e. The van der Waals surface area contributed by atoms with Crippen molar-refractivity contribution in [1.82, 2.24) is 0 Å². The summed E-state index contributed by atoms with van der Waals surface area (Å²) in [6, 6.07) is 0. The highest BCUT2D eigenvalue weighted by atomic mass is 14.6. The van der Waals surface area contributed by atoms with E-state index in [9.17, 15) is 0 Å². The molecule has 0 saturated heterocycles. The maximum atomic E-state index is 2.62. The van der Waals surface area contributed by atoms with Gasteiger partial charge in [-0.05, 0) is 72.0 Å². The van der Waals surface area contributed by atoms with Gasteiger partial charge in [0.15, 0.2) is 0 Å². The summed E-state index contributed by atoms with van der Waals surface area (Å²) in [5.74, 6) is 10.1. The van der Waals surface area contributed by atoms with Crippen LogP contribution in [-0.2, 0) is 0 Å². The lowest BCUT2D eigenvalue weighted by atomic mass is 9.60. The zero-order chi connectivity index (χ0) is 14.6. The quantitative estimate of drug-likeness (QED) is 0.592. The van der Waals surface area contributed by atoms with E-state index in [1.54, 1.807) is 6.42 Å². The van der Waals surface area contributed by atoms with Crippen LogP contribution in [0.25, 0.3) is 0 Å². The zero-order valence-corrected chi connectivity index (χ0v) is 14.6. The van der Waals surface area contributed by atoms with E-state index in [2.05, 4.69) is 41.5 Å². The molecular weight excluding hydrogens is 240 g/mol. The van der Waals surface area contributed by atoms with Gasteiger partial charge in [0.05, 0.1) is 0 Å². The predicted molar refractivity (Wildman–Crippen MR) is 87.4 cm³/mol. The van der Waals surface area contributed by atoms with Crippen LogP contribution in [0.4, 0.5) is 0 Å². The molecule has 0 bridgehead atoms. The van der Waals surface area contributed by atoms with E-state index in [1.165, 1.54) is 19.3 Å². The molecule has 3 rings (SSSR count). The van der Waals surface area contributed by atoms with Gasteiger partial charge in [0.2, 0.25) is 0 Å². The molecule has 10 unspecified atom stereocenters. The summed E-state index contributed by atoms with van der Waals surface area (Å²) in [5.41, 5.74) is 0. The normalized spacial score (nSPS) is 56.4. The standard InChI is InChI=1S/C20H36/c1-7-11(2)18-13(4)17-10-16-9-8-12(3)19(16)15(6)20(17)14(18)5/h11-20H,7-10H2,1-6H3. The highest BCUT2D eigenvalue weighted by molar-refractivity contribution is 5.04. The monoisotopic (exact) mass is 276 g/mol. The van der Waals surface area contributed by atoms with Crippen LogP contribution in [0.5, 0.6) is 0 Å². The third-order valence-electron chi connectivity index (χ3n) is 8.28. The second-order valence-corrected chi connectivity index (χ2v) is 8.91. The fraction of sp³-hybridized carbons (Fsp3) is 1.00. The minimum absolute atomic E-state index is 0.926. The van der Waals surface area contributed by atoms with Crippen LogP contribution in [0, 0.1) is 59.2 Å². The van der Waals surface area contributed by atoms with Crippen LogP contribution in [0.15, 0.2) is 0 Å². The summed E-state index contributed by atoms with van der Waals surface area (Å²) in [5, 5.41) is 0. The molecule has 116 valence electrons. The van der Waals surface area contributed by atoms with Crippen LogP contribution < -0.4 is 0 Å². The van der Waals surface area contributed by atoms with E-state index in [4.69, 9.17) is 0 Å². The van der Waals surface area contributed by atoms with E-state index >= 15 is 0 Å². The Labute approximate surface area is 127 Å². The first kappa shape index (κ1) is 14.9. The maximum absolute atomic E-state index is 2.62. The predicted octanol–water partition coefficient (Wildman–Crippen LogP) is 5.87. The molecule has 3 fully saturated rings. The average Bonchev–Trinajstić information content (AvgIpc) is 2.90. The van der Waals surface area contributed by atoms with Gasteiger partial charge in [-0.25, -0.2) is 0 Å². The van der Waals surface area contributed by atoms with Crippen molar-refractivity contribution >= 4 is 0 Å². The van der Waals surface area contributed by atoms with E-state index in [1.807, 2.05) is 0 Å². The summed E-state index contributed by atoms with van der Waals surface area (Å²) in [7, 11) is 0. The summed E-state index contributed by atoms with van der Waals surface area (Å²) < 4.78 is 0. The van der Waals surface area contributed by atoms with E-state index in [0.717, 1.165) is 59.2 Å². The second kappa shape index (κ2) is 5.33. The zero-order valence-electron chi connectivity index (χ0n) is 14.6. The van der Waals surface area contributed by atoms with E-state index in [-0.39, 0.29) is 0 Å². The number of rotatable bonds is 2. The van der Waals surface area contributed by atoms with Gasteiger partial charge in [0, 0.05) is 0 Å². The minimum Gasteiger partial charge on any atom is -0.0651 e. The molecule has 3 aliphatic rings. The third-order valence-corrected chi connectivity index (χ3v) is 8.28. The summed E-state index contributed by atoms with van der Waals surface area (Å²) in [4.78, 5) is 0. The summed E-state index contributed by atoms with van der Waals surface area (Å²) in [6.07, 6.45) is 5.99. The molecule has 0 heterocycles. The summed E-state index contributed by atoms with van der Waals surface area (Å²) in [6.45, 7) is 15.3. The molecule has 0 radical (unpaired) electrons. The largest absolute Gasteiger partial charge is 0.0651 e. The molecule has 3 saturated carbocycles. The number of hydrogen-bond acceptors (Lipinski definition) is 0. The molecule has 0 nitrogen and oxygen atoms in total. The first-order valence-electron chi connectivity index (χ1n) is 9.47. The summed E-state index contributed by atoms with van der Waals surface area (Å²) >= 11 is 0. The highest BCUT2D eigenvalue weighted by Crippen LogP contribution is 2.62. The highest BCUT2D eigenvalue weighted by Gasteiger charge is 2.56. The Morgan fingerprint density at radius 2 is 1.60 bits per heavy atom. The Balaban J connectivity index is 1.86. The Morgan fingerprint density at radius 3 is 2.25 bits per heavy atom. The molecule has 3 aliphatic carbocycles. The topological polar surface area (TPSA) is 0 Å². The first-order valence-corrected chi connectivity index (χ1v) is 9.47. The number of hydrogen-bond donors (Lipinski definition) is 0. The molecule has 0 aliphatic heterocycles. The van der Waals surface area contributed by atoms with Crippen LogP contribution >= 0.6 is 0 Å². The van der Waals surface area contributed by atoms with Gasteiger partial charge in [-0.15, -0.1) is 0 Å². The van der Waals surface area contributed by atoms with Crippen molar-refractivity contribution in [3.63, 3.8) is 0 Å². The smallest absolute Gasteiger partial charge is 0.0326 e. The lowest BCUT2D eigenvalue weighted by Gasteiger charge is -2.45. The molecular formula is C20H36. The van der Waals surface area contributed by atoms with Gasteiger partial charge in [-0.3, -0.25) is 0 Å². The molecule has 0 N–H and O–H groups in total. The molecule has 0 aromatic rings. The van der Waals surface area contributed by atoms with Crippen molar-refractivity contribution in [1.29, 1.82) is 0 Å². The molecule has 0 amide bonds. The van der Waals surface area contributed by atoms with Crippen LogP contribution in [-0.4, -0.2) is 0 Å². The van der Waals surface area contributed by atoms with Crippen molar-refractivity contribution in [2.24, 2.45) is 59.2 Å². The lowest BCUT2D eigenvalue weighted by molar-refractivity contribution is 0.0362. The minimum atomic E-state index is 0.926. The molecule has 0 spiro atoms. The first-order chi connectivity index (χ1) is 9.47. The van der Waals surface area contributed by atoms with Gasteiger partial charge in [0.25, 0.3) is 0 Å². The third kappa shape index (κ3) is 2.00. The van der Waals surface area contributed by atoms with Crippen LogP contribution in [0.1, 0.15) is 67.2 Å². The van der Waals surface area contributed by atoms with E-state index in [0.29, 0.717) is 0 Å². The van der Waals surface area contributed by atoms with Crippen LogP contribution in [0.2, 0.25) is 0 Å². The molecule has 10 atom stereocenters. The molecule has 0 heteroatoms. The number of fused-ring (bicyclic) bond motifs is 2. The van der Waals surface area contributed by atoms with Crippen LogP contribution in [0.3, 0.4) is 0 Å². The van der Waals surface area contributed by atoms with Crippen molar-refractivity contribution in [2.45, 2.75) is 67.2 Å². The SMILES string of the molecule is CCC(C)C1C(C)C2CC3CCC(C)C3C(C)C2C1C. The van der Waals surface area contributed by atoms with Gasteiger partial charge < -0.3 is 0 Å². The Morgan fingerprint density at radius 1 is 0.900 bits per heavy atom. The van der Waals surface area contributed by atoms with Crippen molar-refractivity contribution in [3.8, 4) is 0 Å². The Kier molecular flexibility index (Phi) is 3.97. The molecule has 0 aromatic heterocycles. The lowest BCUT2D eigenvalue weighted by Crippen LogP contribution is -2.39. The van der Waals surface area contributed by atoms with Gasteiger partial charge >= 0.3 is 0 Å². The fourth-order valence-electron chi connectivity index (χ4n) is 7.47. The van der Waals surface area contributed by atoms with E-state index < -0.39 is 0 Å². The van der Waals surface area contributed by atoms with Crippen molar-refractivity contribution < 1.29 is 0 Å². The average molecular weight is 277 g/mol. The Bertz CT molecular complexity index is 346. The van der Waals surface area contributed by atoms with Crippen molar-refractivity contribution in [2.75, 3.05) is 0 Å². The van der Waals surface area contributed by atoms with Gasteiger partial charge in [-0.2, -0.15) is 0 Å².